The van der Waals surface area contributed by atoms with Gasteiger partial charge < -0.3 is 30.1 Å². The SMILES string of the molecule is CNC(=O)c1ccc(Nc2nc(OC3CCCC3)c3c(-c4ccc5nc[nH]c5c4)c[nH]c3n2)c(OC)c1. The standard InChI is InChI=1S/C27H27N7O3/c1-28-25(35)16-8-10-20(22(12-16)36-2)32-27-33-24-23(26(34-27)37-17-5-3-4-6-17)18(13-29-24)15-7-9-19-21(11-15)31-14-30-19/h7-14,17H,3-6H2,1-2H3,(H,28,35)(H,30,31)(H2,29,32,33,34). The Morgan fingerprint density at radius 2 is 1.95 bits per heavy atom. The van der Waals surface area contributed by atoms with Crippen LogP contribution in [0.1, 0.15) is 36.0 Å². The van der Waals surface area contributed by atoms with Crippen molar-refractivity contribution in [2.75, 3.05) is 19.5 Å². The van der Waals surface area contributed by atoms with Crippen LogP contribution < -0.4 is 20.1 Å². The number of nitrogens with one attached hydrogen (secondary N) is 4. The minimum absolute atomic E-state index is 0.116. The van der Waals surface area contributed by atoms with Crippen molar-refractivity contribution in [3.63, 3.8) is 0 Å². The first-order chi connectivity index (χ1) is 18.1. The number of carbonyl (C=O) groups excluding carboxylic acids is 1. The molecule has 188 valence electrons. The van der Waals surface area contributed by atoms with Crippen molar-refractivity contribution < 1.29 is 14.3 Å². The molecule has 0 unspecified atom stereocenters. The second-order valence-corrected chi connectivity index (χ2v) is 9.06. The summed E-state index contributed by atoms with van der Waals surface area (Å²) in [4.78, 5) is 32.4. The summed E-state index contributed by atoms with van der Waals surface area (Å²) in [5.41, 5.74) is 5.62. The van der Waals surface area contributed by atoms with E-state index in [1.807, 2.05) is 18.3 Å². The number of benzene rings is 2. The van der Waals surface area contributed by atoms with Crippen LogP contribution in [0.15, 0.2) is 48.9 Å². The first-order valence-corrected chi connectivity index (χ1v) is 12.3. The zero-order valence-electron chi connectivity index (χ0n) is 20.6. The predicted octanol–water partition coefficient (Wildman–Crippen LogP) is 4.93. The summed E-state index contributed by atoms with van der Waals surface area (Å²) in [5, 5.41) is 6.70. The Morgan fingerprint density at radius 3 is 2.76 bits per heavy atom. The summed E-state index contributed by atoms with van der Waals surface area (Å²) in [5.74, 6) is 1.20. The Balaban J connectivity index is 1.42. The lowest BCUT2D eigenvalue weighted by Gasteiger charge is -2.16. The fourth-order valence-electron chi connectivity index (χ4n) is 4.84. The van der Waals surface area contributed by atoms with Gasteiger partial charge in [0.15, 0.2) is 0 Å². The summed E-state index contributed by atoms with van der Waals surface area (Å²) < 4.78 is 12.0. The maximum Gasteiger partial charge on any atom is 0.251 e. The van der Waals surface area contributed by atoms with Crippen LogP contribution in [0.4, 0.5) is 11.6 Å². The summed E-state index contributed by atoms with van der Waals surface area (Å²) in [6, 6.07) is 11.3. The number of hydrogen-bond donors (Lipinski definition) is 4. The molecule has 4 N–H and O–H groups in total. The smallest absolute Gasteiger partial charge is 0.251 e. The van der Waals surface area contributed by atoms with Gasteiger partial charge in [-0.3, -0.25) is 4.79 Å². The lowest BCUT2D eigenvalue weighted by molar-refractivity contribution is 0.0962. The molecule has 1 fully saturated rings. The second kappa shape index (κ2) is 9.45. The maximum absolute atomic E-state index is 12.0. The van der Waals surface area contributed by atoms with E-state index >= 15 is 0 Å². The van der Waals surface area contributed by atoms with Crippen molar-refractivity contribution in [2.45, 2.75) is 31.8 Å². The van der Waals surface area contributed by atoms with E-state index in [1.54, 1.807) is 38.7 Å². The molecule has 0 atom stereocenters. The number of H-pyrrole nitrogens is 2. The van der Waals surface area contributed by atoms with Crippen molar-refractivity contribution in [3.05, 3.63) is 54.5 Å². The maximum atomic E-state index is 12.0. The number of amides is 1. The quantitative estimate of drug-likeness (QED) is 0.251. The van der Waals surface area contributed by atoms with Crippen LogP contribution in [-0.4, -0.2) is 51.1 Å². The number of nitrogens with zero attached hydrogens (tertiary/aromatic N) is 3. The normalized spacial score (nSPS) is 13.8. The molecule has 0 bridgehead atoms. The number of rotatable bonds is 7. The molecule has 10 nitrogen and oxygen atoms in total. The van der Waals surface area contributed by atoms with E-state index in [0.717, 1.165) is 53.2 Å². The molecule has 1 aliphatic rings. The highest BCUT2D eigenvalue weighted by molar-refractivity contribution is 5.99. The van der Waals surface area contributed by atoms with Crippen LogP contribution in [0.5, 0.6) is 11.6 Å². The van der Waals surface area contributed by atoms with Gasteiger partial charge in [0.05, 0.1) is 35.5 Å². The Labute approximate surface area is 212 Å². The van der Waals surface area contributed by atoms with Crippen LogP contribution in [0.3, 0.4) is 0 Å². The highest BCUT2D eigenvalue weighted by Crippen LogP contribution is 2.38. The van der Waals surface area contributed by atoms with E-state index in [2.05, 4.69) is 31.7 Å². The Bertz CT molecular complexity index is 1600. The first kappa shape index (κ1) is 22.8. The van der Waals surface area contributed by atoms with Gasteiger partial charge in [-0.15, -0.1) is 0 Å². The minimum Gasteiger partial charge on any atom is -0.495 e. The summed E-state index contributed by atoms with van der Waals surface area (Å²) in [7, 11) is 3.15. The monoisotopic (exact) mass is 497 g/mol. The van der Waals surface area contributed by atoms with Crippen molar-refractivity contribution in [1.82, 2.24) is 30.2 Å². The Morgan fingerprint density at radius 1 is 1.08 bits per heavy atom. The van der Waals surface area contributed by atoms with E-state index in [9.17, 15) is 4.79 Å². The number of hydrogen-bond acceptors (Lipinski definition) is 7. The van der Waals surface area contributed by atoms with Crippen LogP contribution in [0.2, 0.25) is 0 Å². The number of aromatic amines is 2. The molecule has 0 radical (unpaired) electrons. The number of carbonyl (C=O) groups is 1. The van der Waals surface area contributed by atoms with Crippen molar-refractivity contribution in [1.29, 1.82) is 0 Å². The van der Waals surface area contributed by atoms with Gasteiger partial charge in [0.1, 0.15) is 17.5 Å². The number of fused-ring (bicyclic) bond motifs is 2. The lowest BCUT2D eigenvalue weighted by atomic mass is 10.1. The average Bonchev–Trinajstić information content (AvgIpc) is 3.69. The first-order valence-electron chi connectivity index (χ1n) is 12.3. The third-order valence-electron chi connectivity index (χ3n) is 6.75. The van der Waals surface area contributed by atoms with Gasteiger partial charge in [-0.1, -0.05) is 6.07 Å². The second-order valence-electron chi connectivity index (χ2n) is 9.06. The highest BCUT2D eigenvalue weighted by Gasteiger charge is 2.23. The lowest BCUT2D eigenvalue weighted by Crippen LogP contribution is -2.17. The molecule has 1 amide bonds. The van der Waals surface area contributed by atoms with Crippen LogP contribution in [-0.2, 0) is 0 Å². The topological polar surface area (TPSA) is 130 Å². The van der Waals surface area contributed by atoms with E-state index in [-0.39, 0.29) is 12.0 Å². The van der Waals surface area contributed by atoms with Crippen LogP contribution >= 0.6 is 0 Å². The molecular weight excluding hydrogens is 470 g/mol. The molecule has 3 aromatic heterocycles. The van der Waals surface area contributed by atoms with Crippen molar-refractivity contribution in [3.8, 4) is 22.8 Å². The molecule has 3 heterocycles. The summed E-state index contributed by atoms with van der Waals surface area (Å²) >= 11 is 0. The van der Waals surface area contributed by atoms with E-state index in [1.165, 1.54) is 0 Å². The van der Waals surface area contributed by atoms with E-state index in [0.29, 0.717) is 34.5 Å². The molecule has 1 saturated carbocycles. The van der Waals surface area contributed by atoms with Gasteiger partial charge in [0.25, 0.3) is 5.91 Å². The van der Waals surface area contributed by atoms with Gasteiger partial charge in [-0.05, 0) is 61.6 Å². The third kappa shape index (κ3) is 4.31. The van der Waals surface area contributed by atoms with Gasteiger partial charge in [0.2, 0.25) is 11.8 Å². The molecule has 0 spiro atoms. The molecule has 2 aromatic carbocycles. The fraction of sp³-hybridized carbons (Fsp3) is 0.259. The molecule has 37 heavy (non-hydrogen) atoms. The zero-order chi connectivity index (χ0) is 25.4. The Kier molecular flexibility index (Phi) is 5.84. The number of methoxy groups -OCH3 is 1. The van der Waals surface area contributed by atoms with Gasteiger partial charge in [-0.25, -0.2) is 4.98 Å². The number of anilines is 2. The van der Waals surface area contributed by atoms with E-state index in [4.69, 9.17) is 19.4 Å². The molecule has 0 saturated heterocycles. The third-order valence-corrected chi connectivity index (χ3v) is 6.75. The van der Waals surface area contributed by atoms with Crippen LogP contribution in [0, 0.1) is 0 Å². The molecule has 10 heteroatoms. The minimum atomic E-state index is -0.193. The highest BCUT2D eigenvalue weighted by atomic mass is 16.5. The predicted molar refractivity (Wildman–Crippen MR) is 142 cm³/mol. The molecule has 5 aromatic rings. The summed E-state index contributed by atoms with van der Waals surface area (Å²) in [6.07, 6.45) is 8.04. The molecular formula is C27H27N7O3. The number of ether oxygens (including phenoxy) is 2. The zero-order valence-corrected chi connectivity index (χ0v) is 20.6. The average molecular weight is 498 g/mol. The van der Waals surface area contributed by atoms with Gasteiger partial charge in [-0.2, -0.15) is 9.97 Å². The number of imidazole rings is 1. The Hall–Kier alpha value is -4.60. The largest absolute Gasteiger partial charge is 0.495 e. The van der Waals surface area contributed by atoms with Gasteiger partial charge in [0, 0.05) is 24.4 Å². The number of aromatic nitrogens is 5. The van der Waals surface area contributed by atoms with Crippen molar-refractivity contribution >= 4 is 39.6 Å². The molecule has 0 aliphatic heterocycles. The molecule has 6 rings (SSSR count). The molecule has 1 aliphatic carbocycles. The van der Waals surface area contributed by atoms with Gasteiger partial charge >= 0.3 is 0 Å². The fourth-order valence-corrected chi connectivity index (χ4v) is 4.84. The van der Waals surface area contributed by atoms with Crippen molar-refractivity contribution in [2.24, 2.45) is 0 Å². The summed E-state index contributed by atoms with van der Waals surface area (Å²) in [6.45, 7) is 0. The van der Waals surface area contributed by atoms with E-state index < -0.39 is 0 Å². The van der Waals surface area contributed by atoms with Crippen LogP contribution in [0.25, 0.3) is 33.2 Å².